The van der Waals surface area contributed by atoms with E-state index in [1.54, 1.807) is 0 Å². The third kappa shape index (κ3) is 2.69. The van der Waals surface area contributed by atoms with Crippen LogP contribution >= 0.6 is 11.3 Å². The van der Waals surface area contributed by atoms with Gasteiger partial charge in [0.2, 0.25) is 0 Å². The first-order valence-electron chi connectivity index (χ1n) is 7.26. The predicted molar refractivity (Wildman–Crippen MR) is 77.0 cm³/mol. The van der Waals surface area contributed by atoms with Crippen LogP contribution in [0.1, 0.15) is 37.5 Å². The van der Waals surface area contributed by atoms with Crippen molar-refractivity contribution in [2.75, 3.05) is 25.0 Å². The first-order chi connectivity index (χ1) is 8.85. The van der Waals surface area contributed by atoms with Gasteiger partial charge in [-0.1, -0.05) is 13.3 Å². The van der Waals surface area contributed by atoms with Gasteiger partial charge in [0.05, 0.1) is 0 Å². The van der Waals surface area contributed by atoms with E-state index < -0.39 is 0 Å². The molecule has 1 aromatic heterocycles. The molecule has 100 valence electrons. The zero-order chi connectivity index (χ0) is 12.4. The molecule has 3 nitrogen and oxygen atoms in total. The van der Waals surface area contributed by atoms with Gasteiger partial charge in [-0.15, -0.1) is 11.3 Å². The van der Waals surface area contributed by atoms with Crippen molar-refractivity contribution in [3.63, 3.8) is 0 Å². The molecule has 1 saturated carbocycles. The number of thiazole rings is 1. The number of hydrogen-bond donors (Lipinski definition) is 1. The van der Waals surface area contributed by atoms with Crippen molar-refractivity contribution in [1.82, 2.24) is 9.88 Å². The average molecular weight is 265 g/mol. The largest absolute Gasteiger partial charge is 0.362 e. The fourth-order valence-electron chi connectivity index (χ4n) is 3.38. The van der Waals surface area contributed by atoms with E-state index in [9.17, 15) is 0 Å². The Kier molecular flexibility index (Phi) is 3.85. The van der Waals surface area contributed by atoms with Crippen LogP contribution in [-0.2, 0) is 6.54 Å². The maximum absolute atomic E-state index is 4.45. The topological polar surface area (TPSA) is 28.2 Å². The van der Waals surface area contributed by atoms with Crippen molar-refractivity contribution in [3.05, 3.63) is 11.1 Å². The zero-order valence-electron chi connectivity index (χ0n) is 11.2. The maximum atomic E-state index is 4.45. The van der Waals surface area contributed by atoms with Crippen molar-refractivity contribution < 1.29 is 0 Å². The second-order valence-electron chi connectivity index (χ2n) is 5.70. The lowest BCUT2D eigenvalue weighted by Crippen LogP contribution is -2.20. The summed E-state index contributed by atoms with van der Waals surface area (Å²) in [6.07, 6.45) is 7.61. The van der Waals surface area contributed by atoms with E-state index in [1.807, 2.05) is 11.3 Å². The summed E-state index contributed by atoms with van der Waals surface area (Å²) in [5.74, 6) is 1.99. The van der Waals surface area contributed by atoms with Crippen LogP contribution in [0, 0.1) is 11.8 Å². The Morgan fingerprint density at radius 3 is 2.89 bits per heavy atom. The molecule has 2 fully saturated rings. The van der Waals surface area contributed by atoms with E-state index in [1.165, 1.54) is 37.2 Å². The van der Waals surface area contributed by atoms with Crippen LogP contribution in [0.25, 0.3) is 0 Å². The molecule has 0 aromatic carbocycles. The molecule has 1 saturated heterocycles. The Labute approximate surface area is 114 Å². The number of aromatic nitrogens is 1. The van der Waals surface area contributed by atoms with Crippen molar-refractivity contribution >= 4 is 16.5 Å². The van der Waals surface area contributed by atoms with Crippen molar-refractivity contribution in [2.45, 2.75) is 39.2 Å². The molecule has 0 radical (unpaired) electrons. The SMILES string of the molecule is CCCNc1ncc(CN2CC3CCCC3C2)s1. The van der Waals surface area contributed by atoms with E-state index in [0.29, 0.717) is 0 Å². The van der Waals surface area contributed by atoms with Gasteiger partial charge in [-0.3, -0.25) is 4.90 Å². The highest BCUT2D eigenvalue weighted by molar-refractivity contribution is 7.15. The van der Waals surface area contributed by atoms with Gasteiger partial charge in [0.25, 0.3) is 0 Å². The molecule has 0 bridgehead atoms. The monoisotopic (exact) mass is 265 g/mol. The molecule has 0 amide bonds. The van der Waals surface area contributed by atoms with Crippen LogP contribution < -0.4 is 5.32 Å². The molecule has 0 spiro atoms. The van der Waals surface area contributed by atoms with Crippen molar-refractivity contribution in [1.29, 1.82) is 0 Å². The molecule has 1 aromatic rings. The molecule has 18 heavy (non-hydrogen) atoms. The van der Waals surface area contributed by atoms with Crippen LogP contribution in [0.2, 0.25) is 0 Å². The number of hydrogen-bond acceptors (Lipinski definition) is 4. The van der Waals surface area contributed by atoms with E-state index in [2.05, 4.69) is 28.3 Å². The van der Waals surface area contributed by atoms with Gasteiger partial charge in [-0.25, -0.2) is 4.98 Å². The van der Waals surface area contributed by atoms with Gasteiger partial charge in [-0.2, -0.15) is 0 Å². The Bertz CT molecular complexity index is 378. The molecule has 1 aliphatic heterocycles. The molecule has 2 atom stereocenters. The third-order valence-corrected chi connectivity index (χ3v) is 5.20. The maximum Gasteiger partial charge on any atom is 0.182 e. The van der Waals surface area contributed by atoms with Gasteiger partial charge in [0.1, 0.15) is 0 Å². The van der Waals surface area contributed by atoms with Crippen molar-refractivity contribution in [2.24, 2.45) is 11.8 Å². The molecule has 2 aliphatic rings. The number of anilines is 1. The third-order valence-electron chi connectivity index (χ3n) is 4.26. The van der Waals surface area contributed by atoms with E-state index in [-0.39, 0.29) is 0 Å². The van der Waals surface area contributed by atoms with Crippen LogP contribution in [0.15, 0.2) is 6.20 Å². The Morgan fingerprint density at radius 2 is 2.17 bits per heavy atom. The number of fused-ring (bicyclic) bond motifs is 1. The molecule has 3 rings (SSSR count). The summed E-state index contributed by atoms with van der Waals surface area (Å²) in [7, 11) is 0. The van der Waals surface area contributed by atoms with Gasteiger partial charge < -0.3 is 5.32 Å². The minimum atomic E-state index is 0.996. The fourth-order valence-corrected chi connectivity index (χ4v) is 4.26. The Morgan fingerprint density at radius 1 is 1.39 bits per heavy atom. The van der Waals surface area contributed by atoms with Crippen LogP contribution in [-0.4, -0.2) is 29.5 Å². The quantitative estimate of drug-likeness (QED) is 0.886. The standard InChI is InChI=1S/C14H23N3S/c1-2-6-15-14-16-7-13(18-14)10-17-8-11-4-3-5-12(11)9-17/h7,11-12H,2-6,8-10H2,1H3,(H,15,16). The molecule has 1 aliphatic carbocycles. The average Bonchev–Trinajstić information content (AvgIpc) is 3.02. The van der Waals surface area contributed by atoms with Crippen LogP contribution in [0.5, 0.6) is 0 Å². The fraction of sp³-hybridized carbons (Fsp3) is 0.786. The van der Waals surface area contributed by atoms with E-state index in [4.69, 9.17) is 0 Å². The lowest BCUT2D eigenvalue weighted by molar-refractivity contribution is 0.306. The van der Waals surface area contributed by atoms with Crippen LogP contribution in [0.4, 0.5) is 5.13 Å². The summed E-state index contributed by atoms with van der Waals surface area (Å²) < 4.78 is 0. The summed E-state index contributed by atoms with van der Waals surface area (Å²) in [6.45, 7) is 6.96. The highest BCUT2D eigenvalue weighted by Crippen LogP contribution is 2.38. The summed E-state index contributed by atoms with van der Waals surface area (Å²) in [4.78, 5) is 8.49. The van der Waals surface area contributed by atoms with Gasteiger partial charge >= 0.3 is 0 Å². The minimum Gasteiger partial charge on any atom is -0.362 e. The first kappa shape index (κ1) is 12.4. The summed E-state index contributed by atoms with van der Waals surface area (Å²) >= 11 is 1.82. The summed E-state index contributed by atoms with van der Waals surface area (Å²) in [5, 5.41) is 4.46. The molecule has 2 heterocycles. The Balaban J connectivity index is 1.52. The number of nitrogens with zero attached hydrogens (tertiary/aromatic N) is 2. The van der Waals surface area contributed by atoms with E-state index >= 15 is 0 Å². The highest BCUT2D eigenvalue weighted by Gasteiger charge is 2.35. The van der Waals surface area contributed by atoms with Gasteiger partial charge in [0.15, 0.2) is 5.13 Å². The highest BCUT2D eigenvalue weighted by atomic mass is 32.1. The zero-order valence-corrected chi connectivity index (χ0v) is 12.0. The predicted octanol–water partition coefficient (Wildman–Crippen LogP) is 3.20. The lowest BCUT2D eigenvalue weighted by atomic mass is 10.0. The number of likely N-dealkylation sites (tertiary alicyclic amines) is 1. The van der Waals surface area contributed by atoms with Gasteiger partial charge in [-0.05, 0) is 31.1 Å². The van der Waals surface area contributed by atoms with Crippen LogP contribution in [0.3, 0.4) is 0 Å². The van der Waals surface area contributed by atoms with Crippen molar-refractivity contribution in [3.8, 4) is 0 Å². The van der Waals surface area contributed by atoms with Gasteiger partial charge in [0, 0.05) is 37.3 Å². The molecule has 2 unspecified atom stereocenters. The summed E-state index contributed by atoms with van der Waals surface area (Å²) in [5.41, 5.74) is 0. The normalized spacial score (nSPS) is 27.6. The Hall–Kier alpha value is -0.610. The first-order valence-corrected chi connectivity index (χ1v) is 8.07. The second kappa shape index (κ2) is 5.57. The molecular weight excluding hydrogens is 242 g/mol. The van der Waals surface area contributed by atoms with E-state index in [0.717, 1.165) is 36.5 Å². The lowest BCUT2D eigenvalue weighted by Gasteiger charge is -2.14. The molecule has 1 N–H and O–H groups in total. The number of nitrogens with one attached hydrogen (secondary N) is 1. The number of rotatable bonds is 5. The summed E-state index contributed by atoms with van der Waals surface area (Å²) in [6, 6.07) is 0. The smallest absolute Gasteiger partial charge is 0.182 e. The molecule has 4 heteroatoms. The minimum absolute atomic E-state index is 0.996. The second-order valence-corrected chi connectivity index (χ2v) is 6.82. The molecular formula is C14H23N3S.